The molecule has 38 heavy (non-hydrogen) atoms. The predicted molar refractivity (Wildman–Crippen MR) is 144 cm³/mol. The second-order valence-corrected chi connectivity index (χ2v) is 10.9. The van der Waals surface area contributed by atoms with Crippen molar-refractivity contribution in [1.82, 2.24) is 25.1 Å². The summed E-state index contributed by atoms with van der Waals surface area (Å²) in [4.78, 5) is 27.9. The highest BCUT2D eigenvalue weighted by molar-refractivity contribution is 6.30. The van der Waals surface area contributed by atoms with Crippen molar-refractivity contribution in [2.24, 2.45) is 11.8 Å². The summed E-state index contributed by atoms with van der Waals surface area (Å²) in [5, 5.41) is 7.42. The molecule has 1 aliphatic carbocycles. The fourth-order valence-electron chi connectivity index (χ4n) is 6.03. The van der Waals surface area contributed by atoms with E-state index in [0.29, 0.717) is 34.7 Å². The van der Waals surface area contributed by atoms with E-state index in [1.165, 1.54) is 38.3 Å². The highest BCUT2D eigenvalue weighted by Gasteiger charge is 2.38. The number of fused-ring (bicyclic) bond motifs is 2. The second kappa shape index (κ2) is 10.0. The summed E-state index contributed by atoms with van der Waals surface area (Å²) < 4.78 is 15.3. The first-order valence-electron chi connectivity index (χ1n) is 13.0. The molecule has 2 aromatic carbocycles. The third-order valence-corrected chi connectivity index (χ3v) is 8.18. The van der Waals surface area contributed by atoms with Gasteiger partial charge in [-0.1, -0.05) is 30.2 Å². The number of hydrogen-bond acceptors (Lipinski definition) is 4. The Labute approximate surface area is 225 Å². The number of nitrogens with zero attached hydrogens (tertiary/aromatic N) is 4. The number of carbonyl (C=O) groups is 2. The van der Waals surface area contributed by atoms with Crippen LogP contribution in [0.2, 0.25) is 5.02 Å². The van der Waals surface area contributed by atoms with Crippen molar-refractivity contribution >= 4 is 35.1 Å². The van der Waals surface area contributed by atoms with Crippen LogP contribution in [-0.4, -0.2) is 51.1 Å². The molecule has 2 unspecified atom stereocenters. The summed E-state index contributed by atoms with van der Waals surface area (Å²) in [5.41, 5.74) is 7.19. The van der Waals surface area contributed by atoms with E-state index in [9.17, 15) is 14.0 Å². The fourth-order valence-corrected chi connectivity index (χ4v) is 6.15. The van der Waals surface area contributed by atoms with Crippen molar-refractivity contribution in [3.63, 3.8) is 0 Å². The first-order chi connectivity index (χ1) is 18.4. The third-order valence-electron chi connectivity index (χ3n) is 7.93. The van der Waals surface area contributed by atoms with Gasteiger partial charge >= 0.3 is 0 Å². The molecule has 1 aromatic heterocycles. The molecule has 0 radical (unpaired) electrons. The lowest BCUT2D eigenvalue weighted by molar-refractivity contribution is -0.128. The van der Waals surface area contributed by atoms with Gasteiger partial charge in [0.25, 0.3) is 5.91 Å². The molecule has 7 nitrogen and oxygen atoms in total. The topological polar surface area (TPSA) is 70.5 Å². The van der Waals surface area contributed by atoms with Crippen molar-refractivity contribution in [2.75, 3.05) is 19.6 Å². The van der Waals surface area contributed by atoms with Crippen LogP contribution in [0.3, 0.4) is 0 Å². The summed E-state index contributed by atoms with van der Waals surface area (Å²) in [6.07, 6.45) is 5.61. The minimum absolute atomic E-state index is 0.0985. The second-order valence-electron chi connectivity index (χ2n) is 10.5. The smallest absolute Gasteiger partial charge is 0.286 e. The molecule has 9 heteroatoms. The lowest BCUT2D eigenvalue weighted by atomic mass is 9.97. The Morgan fingerprint density at radius 3 is 2.37 bits per heavy atom. The fraction of sp³-hybridized carbons (Fsp3) is 0.345. The number of hydrazine groups is 1. The molecule has 196 valence electrons. The molecule has 2 amide bonds. The van der Waals surface area contributed by atoms with E-state index in [1.54, 1.807) is 33.8 Å². The largest absolute Gasteiger partial charge is 0.334 e. The normalized spacial score (nSPS) is 22.0. The monoisotopic (exact) mass is 533 g/mol. The molecule has 2 aliphatic heterocycles. The Hall–Kier alpha value is -3.49. The SMILES string of the molecule is CC(=O)N1CC(=Cc2ccc(F)cc2)c2c(c(C(=O)NN3CC4CCCC4C3)nn2-c2ccc(Cl)cc2)C1. The molecule has 0 spiro atoms. The van der Waals surface area contributed by atoms with Crippen molar-refractivity contribution in [3.05, 3.63) is 81.9 Å². The number of rotatable bonds is 4. The first kappa shape index (κ1) is 24.8. The summed E-state index contributed by atoms with van der Waals surface area (Å²) in [6, 6.07) is 13.5. The number of aromatic nitrogens is 2. The molecule has 1 saturated heterocycles. The van der Waals surface area contributed by atoms with Gasteiger partial charge in [0.05, 0.1) is 17.9 Å². The Bertz CT molecular complexity index is 1400. The zero-order valence-electron chi connectivity index (χ0n) is 21.2. The maximum atomic E-state index is 13.7. The van der Waals surface area contributed by atoms with Gasteiger partial charge in [-0.15, -0.1) is 0 Å². The summed E-state index contributed by atoms with van der Waals surface area (Å²) in [6.45, 7) is 3.84. The Morgan fingerprint density at radius 1 is 1.03 bits per heavy atom. The minimum atomic E-state index is -0.321. The van der Waals surface area contributed by atoms with E-state index in [4.69, 9.17) is 16.7 Å². The highest BCUT2D eigenvalue weighted by atomic mass is 35.5. The summed E-state index contributed by atoms with van der Waals surface area (Å²) in [5.74, 6) is 0.570. The van der Waals surface area contributed by atoms with Gasteiger partial charge in [0.2, 0.25) is 5.91 Å². The van der Waals surface area contributed by atoms with Gasteiger partial charge in [-0.05, 0) is 78.3 Å². The first-order valence-corrected chi connectivity index (χ1v) is 13.4. The third kappa shape index (κ3) is 4.74. The van der Waals surface area contributed by atoms with E-state index in [-0.39, 0.29) is 24.2 Å². The van der Waals surface area contributed by atoms with Crippen LogP contribution in [-0.2, 0) is 11.3 Å². The van der Waals surface area contributed by atoms with Crippen molar-refractivity contribution < 1.29 is 14.0 Å². The maximum absolute atomic E-state index is 13.7. The van der Waals surface area contributed by atoms with Gasteiger partial charge in [-0.2, -0.15) is 5.10 Å². The van der Waals surface area contributed by atoms with Gasteiger partial charge in [-0.3, -0.25) is 15.0 Å². The zero-order chi connectivity index (χ0) is 26.4. The molecule has 6 rings (SSSR count). The highest BCUT2D eigenvalue weighted by Crippen LogP contribution is 2.37. The number of amides is 2. The van der Waals surface area contributed by atoms with E-state index in [1.807, 2.05) is 23.2 Å². The lowest BCUT2D eigenvalue weighted by Crippen LogP contribution is -2.42. The molecule has 1 N–H and O–H groups in total. The van der Waals surface area contributed by atoms with Gasteiger partial charge in [0, 0.05) is 37.1 Å². The minimum Gasteiger partial charge on any atom is -0.334 e. The number of nitrogens with one attached hydrogen (secondary N) is 1. The molecule has 3 aliphatic rings. The van der Waals surface area contributed by atoms with Crippen LogP contribution in [0, 0.1) is 17.7 Å². The van der Waals surface area contributed by atoms with Gasteiger partial charge in [0.15, 0.2) is 5.69 Å². The van der Waals surface area contributed by atoms with Crippen LogP contribution in [0.25, 0.3) is 17.3 Å². The Kier molecular flexibility index (Phi) is 6.53. The molecular weight excluding hydrogens is 505 g/mol. The quantitative estimate of drug-likeness (QED) is 0.515. The standard InChI is InChI=1S/C29H29ClFN5O2/c1-18(37)34-14-22(13-19-5-9-24(31)10-6-19)28-26(17-34)27(32-36(28)25-11-7-23(30)8-12-25)29(38)33-35-15-20-3-2-4-21(20)16-35/h5-13,20-21H,2-4,14-17H2,1H3,(H,33,38). The summed E-state index contributed by atoms with van der Waals surface area (Å²) >= 11 is 6.15. The molecule has 3 aromatic rings. The van der Waals surface area contributed by atoms with Crippen LogP contribution in [0.1, 0.15) is 53.5 Å². The van der Waals surface area contributed by atoms with E-state index in [0.717, 1.165) is 35.6 Å². The summed E-state index contributed by atoms with van der Waals surface area (Å²) in [7, 11) is 0. The van der Waals surface area contributed by atoms with Gasteiger partial charge in [0.1, 0.15) is 5.82 Å². The van der Waals surface area contributed by atoms with Crippen molar-refractivity contribution in [2.45, 2.75) is 32.7 Å². The molecule has 2 fully saturated rings. The van der Waals surface area contributed by atoms with E-state index in [2.05, 4.69) is 5.43 Å². The maximum Gasteiger partial charge on any atom is 0.286 e. The molecule has 1 saturated carbocycles. The number of carbonyl (C=O) groups excluding carboxylic acids is 2. The van der Waals surface area contributed by atoms with Gasteiger partial charge < -0.3 is 4.90 Å². The van der Waals surface area contributed by atoms with Crippen LogP contribution in [0.15, 0.2) is 48.5 Å². The predicted octanol–water partition coefficient (Wildman–Crippen LogP) is 4.94. The van der Waals surface area contributed by atoms with E-state index >= 15 is 0 Å². The van der Waals surface area contributed by atoms with E-state index < -0.39 is 0 Å². The average Bonchev–Trinajstić information content (AvgIpc) is 3.59. The zero-order valence-corrected chi connectivity index (χ0v) is 21.9. The number of benzene rings is 2. The van der Waals surface area contributed by atoms with Crippen LogP contribution in [0.5, 0.6) is 0 Å². The van der Waals surface area contributed by atoms with Crippen LogP contribution < -0.4 is 5.43 Å². The van der Waals surface area contributed by atoms with Crippen LogP contribution in [0.4, 0.5) is 4.39 Å². The molecule has 2 atom stereocenters. The Morgan fingerprint density at radius 2 is 1.71 bits per heavy atom. The van der Waals surface area contributed by atoms with Crippen molar-refractivity contribution in [1.29, 1.82) is 0 Å². The molecule has 0 bridgehead atoms. The van der Waals surface area contributed by atoms with Crippen molar-refractivity contribution in [3.8, 4) is 5.69 Å². The van der Waals surface area contributed by atoms with Gasteiger partial charge in [-0.25, -0.2) is 14.1 Å². The number of hydrogen-bond donors (Lipinski definition) is 1. The number of halogens is 2. The van der Waals surface area contributed by atoms with Crippen LogP contribution >= 0.6 is 11.6 Å². The molecular formula is C29H29ClFN5O2. The molecule has 3 heterocycles. The Balaban J connectivity index is 1.44. The average molecular weight is 534 g/mol. The lowest BCUT2D eigenvalue weighted by Gasteiger charge is -2.29.